The van der Waals surface area contributed by atoms with Crippen molar-refractivity contribution < 1.29 is 4.79 Å². The Morgan fingerprint density at radius 2 is 1.78 bits per heavy atom. The van der Waals surface area contributed by atoms with E-state index in [1.165, 1.54) is 11.3 Å². The molecule has 0 bridgehead atoms. The van der Waals surface area contributed by atoms with Crippen LogP contribution < -0.4 is 10.2 Å². The van der Waals surface area contributed by atoms with E-state index in [0.717, 1.165) is 30.9 Å². The van der Waals surface area contributed by atoms with Crippen LogP contribution in [0.2, 0.25) is 5.02 Å². The van der Waals surface area contributed by atoms with E-state index in [4.69, 9.17) is 11.6 Å². The van der Waals surface area contributed by atoms with Crippen molar-refractivity contribution >= 4 is 23.3 Å². The van der Waals surface area contributed by atoms with Crippen LogP contribution in [0.15, 0.2) is 30.6 Å². The average Bonchev–Trinajstić information content (AvgIpc) is 3.08. The molecule has 32 heavy (non-hydrogen) atoms. The monoisotopic (exact) mass is 455 g/mol. The number of rotatable bonds is 6. The maximum Gasteiger partial charge on any atom is 0.231 e. The Labute approximate surface area is 196 Å². The van der Waals surface area contributed by atoms with Crippen molar-refractivity contribution in [3.8, 4) is 0 Å². The molecular formula is C25H34ClN5O. The maximum absolute atomic E-state index is 13.5. The number of aromatic nitrogens is 2. The van der Waals surface area contributed by atoms with Crippen LogP contribution in [0.5, 0.6) is 0 Å². The summed E-state index contributed by atoms with van der Waals surface area (Å²) in [5.74, 6) is 1.99. The van der Waals surface area contributed by atoms with Gasteiger partial charge in [-0.2, -0.15) is 0 Å². The Bertz CT molecular complexity index is 940. The Kier molecular flexibility index (Phi) is 7.01. The zero-order valence-corrected chi connectivity index (χ0v) is 20.3. The van der Waals surface area contributed by atoms with Crippen molar-refractivity contribution in [3.63, 3.8) is 0 Å². The van der Waals surface area contributed by atoms with E-state index in [-0.39, 0.29) is 11.8 Å². The molecule has 0 radical (unpaired) electrons. The van der Waals surface area contributed by atoms with Gasteiger partial charge in [0.15, 0.2) is 0 Å². The van der Waals surface area contributed by atoms with Crippen LogP contribution in [-0.4, -0.2) is 59.5 Å². The molecule has 172 valence electrons. The summed E-state index contributed by atoms with van der Waals surface area (Å²) >= 11 is 6.08. The first-order valence-electron chi connectivity index (χ1n) is 11.7. The topological polar surface area (TPSA) is 61.4 Å². The van der Waals surface area contributed by atoms with Crippen molar-refractivity contribution in [1.82, 2.24) is 20.2 Å². The molecule has 1 aliphatic carbocycles. The number of carbonyl (C=O) groups is 1. The van der Waals surface area contributed by atoms with E-state index < -0.39 is 0 Å². The highest BCUT2D eigenvalue weighted by atomic mass is 35.5. The summed E-state index contributed by atoms with van der Waals surface area (Å²) in [5.41, 5.74) is 3.51. The van der Waals surface area contributed by atoms with Crippen LogP contribution in [0, 0.1) is 0 Å². The van der Waals surface area contributed by atoms with Crippen molar-refractivity contribution in [2.75, 3.05) is 37.6 Å². The highest BCUT2D eigenvalue weighted by Gasteiger charge is 2.34. The Morgan fingerprint density at radius 1 is 1.09 bits per heavy atom. The number of amides is 1. The van der Waals surface area contributed by atoms with Gasteiger partial charge in [0.05, 0.1) is 11.6 Å². The lowest BCUT2D eigenvalue weighted by Crippen LogP contribution is -2.51. The molecule has 4 rings (SSSR count). The fourth-order valence-electron chi connectivity index (χ4n) is 5.03. The number of anilines is 1. The number of carbonyl (C=O) groups excluding carboxylic acids is 1. The number of halogens is 1. The molecule has 2 heterocycles. The summed E-state index contributed by atoms with van der Waals surface area (Å²) in [7, 11) is 0. The van der Waals surface area contributed by atoms with Crippen molar-refractivity contribution in [2.24, 2.45) is 0 Å². The minimum atomic E-state index is -0.217. The average molecular weight is 456 g/mol. The van der Waals surface area contributed by atoms with E-state index >= 15 is 0 Å². The lowest BCUT2D eigenvalue weighted by atomic mass is 9.96. The summed E-state index contributed by atoms with van der Waals surface area (Å²) in [5, 5.41) is 4.13. The maximum atomic E-state index is 13.5. The molecule has 0 spiro atoms. The quantitative estimate of drug-likeness (QED) is 0.708. The molecule has 6 nitrogen and oxygen atoms in total. The van der Waals surface area contributed by atoms with Crippen LogP contribution in [0.3, 0.4) is 0 Å². The number of nitrogens with one attached hydrogen (secondary N) is 1. The van der Waals surface area contributed by atoms with Gasteiger partial charge in [-0.25, -0.2) is 9.97 Å². The van der Waals surface area contributed by atoms with Gasteiger partial charge in [-0.05, 0) is 36.0 Å². The molecule has 2 aromatic rings. The molecule has 1 aromatic heterocycles. The molecule has 1 aliphatic heterocycles. The van der Waals surface area contributed by atoms with Crippen molar-refractivity contribution in [1.29, 1.82) is 0 Å². The zero-order chi connectivity index (χ0) is 22.8. The Balaban J connectivity index is 1.47. The van der Waals surface area contributed by atoms with Crippen LogP contribution in [0.4, 0.5) is 5.82 Å². The van der Waals surface area contributed by atoms with Gasteiger partial charge in [-0.3, -0.25) is 4.79 Å². The third-order valence-corrected chi connectivity index (χ3v) is 7.00. The summed E-state index contributed by atoms with van der Waals surface area (Å²) in [6.07, 6.45) is 2.83. The number of hydrogen-bond acceptors (Lipinski definition) is 5. The minimum Gasteiger partial charge on any atom is -0.353 e. The highest BCUT2D eigenvalue weighted by molar-refractivity contribution is 6.30. The van der Waals surface area contributed by atoms with E-state index in [2.05, 4.69) is 47.9 Å². The van der Waals surface area contributed by atoms with Gasteiger partial charge in [0.1, 0.15) is 12.1 Å². The SMILES string of the molecule is CC(C)NCC(C(=O)N1CCN(c2ncnc3c2[C@H](C)C[C@H]3C)CC1)c1ccc(Cl)cc1. The smallest absolute Gasteiger partial charge is 0.231 e. The molecule has 1 amide bonds. The summed E-state index contributed by atoms with van der Waals surface area (Å²) in [6.45, 7) is 12.3. The standard InChI is InChI=1S/C25H34ClN5O/c1-16(2)27-14-21(19-5-7-20(26)8-6-19)25(32)31-11-9-30(10-12-31)24-22-17(3)13-18(4)23(22)28-15-29-24/h5-8,15-18,21,27H,9-14H2,1-4H3/t17-,18-,21?/m1/s1. The minimum absolute atomic E-state index is 0.176. The number of hydrogen-bond donors (Lipinski definition) is 1. The molecular weight excluding hydrogens is 422 g/mol. The van der Waals surface area contributed by atoms with Gasteiger partial charge in [0, 0.05) is 49.4 Å². The second kappa shape index (κ2) is 9.75. The van der Waals surface area contributed by atoms with E-state index in [9.17, 15) is 4.79 Å². The van der Waals surface area contributed by atoms with Gasteiger partial charge >= 0.3 is 0 Å². The van der Waals surface area contributed by atoms with Crippen molar-refractivity contribution in [2.45, 2.75) is 57.9 Å². The number of fused-ring (bicyclic) bond motifs is 1. The van der Waals surface area contributed by atoms with E-state index in [0.29, 0.717) is 42.5 Å². The predicted molar refractivity (Wildman–Crippen MR) is 130 cm³/mol. The van der Waals surface area contributed by atoms with Gasteiger partial charge < -0.3 is 15.1 Å². The van der Waals surface area contributed by atoms with Gasteiger partial charge in [0.25, 0.3) is 0 Å². The molecule has 1 fully saturated rings. The first-order chi connectivity index (χ1) is 15.3. The van der Waals surface area contributed by atoms with Crippen LogP contribution in [-0.2, 0) is 4.79 Å². The van der Waals surface area contributed by atoms with Gasteiger partial charge in [-0.1, -0.05) is 51.4 Å². The second-order valence-electron chi connectivity index (χ2n) is 9.51. The molecule has 1 unspecified atom stereocenters. The van der Waals surface area contributed by atoms with Gasteiger partial charge in [0.2, 0.25) is 5.91 Å². The zero-order valence-electron chi connectivity index (χ0n) is 19.5. The first-order valence-corrected chi connectivity index (χ1v) is 12.1. The molecule has 2 aliphatic rings. The van der Waals surface area contributed by atoms with Crippen LogP contribution in [0.25, 0.3) is 0 Å². The summed E-state index contributed by atoms with van der Waals surface area (Å²) < 4.78 is 0. The summed E-state index contributed by atoms with van der Waals surface area (Å²) in [6, 6.07) is 7.98. The predicted octanol–water partition coefficient (Wildman–Crippen LogP) is 4.17. The fraction of sp³-hybridized carbons (Fsp3) is 0.560. The highest BCUT2D eigenvalue weighted by Crippen LogP contribution is 2.43. The van der Waals surface area contributed by atoms with Crippen LogP contribution >= 0.6 is 11.6 Å². The molecule has 3 atom stereocenters. The largest absolute Gasteiger partial charge is 0.353 e. The Hall–Kier alpha value is -2.18. The van der Waals surface area contributed by atoms with E-state index in [1.54, 1.807) is 6.33 Å². The number of benzene rings is 1. The number of nitrogens with zero attached hydrogens (tertiary/aromatic N) is 4. The fourth-order valence-corrected chi connectivity index (χ4v) is 5.16. The van der Waals surface area contributed by atoms with Gasteiger partial charge in [-0.15, -0.1) is 0 Å². The normalized spacial score (nSPS) is 21.7. The third kappa shape index (κ3) is 4.76. The second-order valence-corrected chi connectivity index (χ2v) is 9.95. The molecule has 1 saturated heterocycles. The molecule has 1 N–H and O–H groups in total. The first kappa shape index (κ1) is 23.0. The van der Waals surface area contributed by atoms with E-state index in [1.807, 2.05) is 29.2 Å². The third-order valence-electron chi connectivity index (χ3n) is 6.75. The molecule has 1 aromatic carbocycles. The Morgan fingerprint density at radius 3 is 2.44 bits per heavy atom. The van der Waals surface area contributed by atoms with Crippen LogP contribution in [0.1, 0.15) is 68.7 Å². The van der Waals surface area contributed by atoms with Crippen molar-refractivity contribution in [3.05, 3.63) is 52.4 Å². The molecule has 7 heteroatoms. The lowest BCUT2D eigenvalue weighted by molar-refractivity contribution is -0.133. The summed E-state index contributed by atoms with van der Waals surface area (Å²) in [4.78, 5) is 27.1. The molecule has 0 saturated carbocycles. The lowest BCUT2D eigenvalue weighted by Gasteiger charge is -2.38. The number of piperazine rings is 1.